The summed E-state index contributed by atoms with van der Waals surface area (Å²) in [5.74, 6) is 0. The van der Waals surface area contributed by atoms with E-state index in [9.17, 15) is 9.90 Å². The van der Waals surface area contributed by atoms with Crippen LogP contribution in [0.2, 0.25) is 4.34 Å². The Kier molecular flexibility index (Phi) is 5.26. The molecule has 0 radical (unpaired) electrons. The largest absolute Gasteiger partial charge is 0.394 e. The smallest absolute Gasteiger partial charge is 0.318 e. The number of hydrogen-bond donors (Lipinski definition) is 2. The zero-order chi connectivity index (χ0) is 14.7. The van der Waals surface area contributed by atoms with Crippen LogP contribution in [-0.2, 0) is 4.74 Å². The van der Waals surface area contributed by atoms with Crippen molar-refractivity contribution >= 4 is 29.0 Å². The third-order valence-corrected chi connectivity index (χ3v) is 4.59. The van der Waals surface area contributed by atoms with E-state index in [4.69, 9.17) is 16.3 Å². The molecule has 1 aliphatic rings. The van der Waals surface area contributed by atoms with Gasteiger partial charge in [-0.2, -0.15) is 0 Å². The summed E-state index contributed by atoms with van der Waals surface area (Å²) in [4.78, 5) is 14.9. The van der Waals surface area contributed by atoms with E-state index in [-0.39, 0.29) is 30.9 Å². The average molecular weight is 319 g/mol. The number of urea groups is 1. The standard InChI is InChI=1S/C13H19ClN2O3S/c1-8-5-16(6-10(7-17)19-8)13(18)15-9(2)11-3-4-12(14)20-11/h3-4,8-10,17H,5-7H2,1-2H3,(H,15,18). The zero-order valence-electron chi connectivity index (χ0n) is 11.5. The summed E-state index contributed by atoms with van der Waals surface area (Å²) in [5, 5.41) is 12.1. The summed E-state index contributed by atoms with van der Waals surface area (Å²) in [6, 6.07) is 3.50. The van der Waals surface area contributed by atoms with Gasteiger partial charge in [-0.3, -0.25) is 0 Å². The van der Waals surface area contributed by atoms with Crippen LogP contribution >= 0.6 is 22.9 Å². The number of ether oxygens (including phenoxy) is 1. The molecule has 2 heterocycles. The number of carbonyl (C=O) groups is 1. The highest BCUT2D eigenvalue weighted by Crippen LogP contribution is 2.26. The van der Waals surface area contributed by atoms with Crippen molar-refractivity contribution in [1.29, 1.82) is 0 Å². The van der Waals surface area contributed by atoms with Crippen molar-refractivity contribution in [3.05, 3.63) is 21.3 Å². The fraction of sp³-hybridized carbons (Fsp3) is 0.615. The molecule has 2 amide bonds. The first-order valence-corrected chi connectivity index (χ1v) is 7.76. The van der Waals surface area contributed by atoms with Crippen molar-refractivity contribution in [2.75, 3.05) is 19.7 Å². The maximum atomic E-state index is 12.2. The van der Waals surface area contributed by atoms with Crippen LogP contribution < -0.4 is 5.32 Å². The lowest BCUT2D eigenvalue weighted by atomic mass is 10.2. The minimum atomic E-state index is -0.309. The monoisotopic (exact) mass is 318 g/mol. The van der Waals surface area contributed by atoms with Gasteiger partial charge in [0.1, 0.15) is 0 Å². The third-order valence-electron chi connectivity index (χ3n) is 3.18. The number of hydrogen-bond acceptors (Lipinski definition) is 4. The highest BCUT2D eigenvalue weighted by molar-refractivity contribution is 7.16. The quantitative estimate of drug-likeness (QED) is 0.898. The number of aliphatic hydroxyl groups is 1. The lowest BCUT2D eigenvalue weighted by Gasteiger charge is -2.36. The molecule has 0 saturated carbocycles. The van der Waals surface area contributed by atoms with E-state index in [1.165, 1.54) is 11.3 Å². The van der Waals surface area contributed by atoms with Crippen molar-refractivity contribution in [3.8, 4) is 0 Å². The molecule has 1 aliphatic heterocycles. The molecule has 5 nitrogen and oxygen atoms in total. The number of halogens is 1. The van der Waals surface area contributed by atoms with Gasteiger partial charge in [0.2, 0.25) is 0 Å². The molecule has 3 unspecified atom stereocenters. The molecule has 1 fully saturated rings. The van der Waals surface area contributed by atoms with E-state index in [2.05, 4.69) is 5.32 Å². The van der Waals surface area contributed by atoms with Gasteiger partial charge < -0.3 is 20.1 Å². The van der Waals surface area contributed by atoms with Gasteiger partial charge >= 0.3 is 6.03 Å². The second kappa shape index (κ2) is 6.76. The highest BCUT2D eigenvalue weighted by Gasteiger charge is 2.28. The summed E-state index contributed by atoms with van der Waals surface area (Å²) in [6.45, 7) is 4.67. The summed E-state index contributed by atoms with van der Waals surface area (Å²) >= 11 is 7.36. The van der Waals surface area contributed by atoms with Crippen molar-refractivity contribution < 1.29 is 14.6 Å². The van der Waals surface area contributed by atoms with E-state index < -0.39 is 0 Å². The molecule has 0 spiro atoms. The van der Waals surface area contributed by atoms with Crippen LogP contribution in [0.25, 0.3) is 0 Å². The molecule has 1 saturated heterocycles. The van der Waals surface area contributed by atoms with Crippen LogP contribution in [-0.4, -0.2) is 47.9 Å². The number of nitrogens with one attached hydrogen (secondary N) is 1. The Morgan fingerprint density at radius 2 is 2.40 bits per heavy atom. The van der Waals surface area contributed by atoms with Crippen molar-refractivity contribution in [3.63, 3.8) is 0 Å². The normalized spacial score (nSPS) is 24.5. The van der Waals surface area contributed by atoms with Gasteiger partial charge in [-0.05, 0) is 26.0 Å². The van der Waals surface area contributed by atoms with Gasteiger partial charge in [-0.15, -0.1) is 11.3 Å². The summed E-state index contributed by atoms with van der Waals surface area (Å²) in [5.41, 5.74) is 0. The number of nitrogens with zero attached hydrogens (tertiary/aromatic N) is 1. The fourth-order valence-electron chi connectivity index (χ4n) is 2.22. The Balaban J connectivity index is 1.93. The lowest BCUT2D eigenvalue weighted by molar-refractivity contribution is -0.0835. The molecule has 0 bridgehead atoms. The Morgan fingerprint density at radius 1 is 1.65 bits per heavy atom. The minimum Gasteiger partial charge on any atom is -0.394 e. The topological polar surface area (TPSA) is 61.8 Å². The molecule has 112 valence electrons. The second-order valence-corrected chi connectivity index (χ2v) is 6.72. The second-order valence-electron chi connectivity index (χ2n) is 4.97. The van der Waals surface area contributed by atoms with Crippen molar-refractivity contribution in [2.24, 2.45) is 0 Å². The molecule has 1 aromatic rings. The van der Waals surface area contributed by atoms with Crippen LogP contribution in [0.15, 0.2) is 12.1 Å². The molecule has 7 heteroatoms. The molecular weight excluding hydrogens is 300 g/mol. The first-order valence-electron chi connectivity index (χ1n) is 6.56. The van der Waals surface area contributed by atoms with Gasteiger partial charge in [-0.1, -0.05) is 11.6 Å². The number of rotatable bonds is 3. The molecule has 20 heavy (non-hydrogen) atoms. The number of aliphatic hydroxyl groups excluding tert-OH is 1. The lowest BCUT2D eigenvalue weighted by Crippen LogP contribution is -2.53. The van der Waals surface area contributed by atoms with Crippen LogP contribution in [0.5, 0.6) is 0 Å². The predicted octanol–water partition coefficient (Wildman–Crippen LogP) is 2.25. The Hall–Kier alpha value is -0.820. The van der Waals surface area contributed by atoms with E-state index in [0.717, 1.165) is 4.88 Å². The van der Waals surface area contributed by atoms with Gasteiger partial charge in [-0.25, -0.2) is 4.79 Å². The van der Waals surface area contributed by atoms with Crippen molar-refractivity contribution in [2.45, 2.75) is 32.1 Å². The SMILES string of the molecule is CC1CN(C(=O)NC(C)c2ccc(Cl)s2)CC(CO)O1. The first-order chi connectivity index (χ1) is 9.49. The van der Waals surface area contributed by atoms with Gasteiger partial charge in [0.15, 0.2) is 0 Å². The van der Waals surface area contributed by atoms with Gasteiger partial charge in [0.25, 0.3) is 0 Å². The van der Waals surface area contributed by atoms with E-state index in [1.807, 2.05) is 26.0 Å². The summed E-state index contributed by atoms with van der Waals surface area (Å²) < 4.78 is 6.23. The Morgan fingerprint density at radius 3 is 3.00 bits per heavy atom. The van der Waals surface area contributed by atoms with Crippen LogP contribution in [0.4, 0.5) is 4.79 Å². The zero-order valence-corrected chi connectivity index (χ0v) is 13.1. The molecule has 0 aromatic carbocycles. The Labute approximate surface area is 127 Å². The number of thiophene rings is 1. The molecule has 1 aromatic heterocycles. The number of amides is 2. The molecule has 0 aliphatic carbocycles. The van der Waals surface area contributed by atoms with E-state index >= 15 is 0 Å². The van der Waals surface area contributed by atoms with Gasteiger partial charge in [0.05, 0.1) is 35.7 Å². The molecular formula is C13H19ClN2O3S. The molecule has 3 atom stereocenters. The van der Waals surface area contributed by atoms with E-state index in [1.54, 1.807) is 4.90 Å². The van der Waals surface area contributed by atoms with Crippen LogP contribution in [0.1, 0.15) is 24.8 Å². The number of morpholine rings is 1. The van der Waals surface area contributed by atoms with Crippen molar-refractivity contribution in [1.82, 2.24) is 10.2 Å². The third kappa shape index (κ3) is 3.85. The average Bonchev–Trinajstić information content (AvgIpc) is 2.84. The highest BCUT2D eigenvalue weighted by atomic mass is 35.5. The van der Waals surface area contributed by atoms with Crippen LogP contribution in [0.3, 0.4) is 0 Å². The molecule has 2 rings (SSSR count). The predicted molar refractivity (Wildman–Crippen MR) is 79.3 cm³/mol. The first kappa shape index (κ1) is 15.6. The maximum Gasteiger partial charge on any atom is 0.318 e. The van der Waals surface area contributed by atoms with Gasteiger partial charge in [0, 0.05) is 11.4 Å². The summed E-state index contributed by atoms with van der Waals surface area (Å²) in [6.07, 6.45) is -0.380. The maximum absolute atomic E-state index is 12.2. The summed E-state index contributed by atoms with van der Waals surface area (Å²) in [7, 11) is 0. The van der Waals surface area contributed by atoms with Crippen LogP contribution in [0, 0.1) is 0 Å². The molecule has 2 N–H and O–H groups in total. The number of carbonyl (C=O) groups excluding carboxylic acids is 1. The minimum absolute atomic E-state index is 0.0712. The fourth-order valence-corrected chi connectivity index (χ4v) is 3.28. The Bertz CT molecular complexity index is 468. The van der Waals surface area contributed by atoms with E-state index in [0.29, 0.717) is 17.4 Å².